The van der Waals surface area contributed by atoms with E-state index in [0.29, 0.717) is 22.8 Å². The number of tetrazole rings is 1. The lowest BCUT2D eigenvalue weighted by Crippen LogP contribution is -2.48. The Morgan fingerprint density at radius 3 is 2.34 bits per heavy atom. The quantitative estimate of drug-likeness (QED) is 0.310. The SMILES string of the molecule is COc1ccc(N(C(=O)Cn2nnc(-c3ccc(C)cc3)n2)C(C(=O)NC2CCCCC2)c2ccc(O)cc2)cc1. The number of benzene rings is 3. The van der Waals surface area contributed by atoms with Gasteiger partial charge in [-0.25, -0.2) is 0 Å². The summed E-state index contributed by atoms with van der Waals surface area (Å²) in [7, 11) is 1.57. The highest BCUT2D eigenvalue weighted by Crippen LogP contribution is 2.31. The van der Waals surface area contributed by atoms with E-state index in [0.717, 1.165) is 43.2 Å². The van der Waals surface area contributed by atoms with Gasteiger partial charge in [0.15, 0.2) is 0 Å². The molecule has 1 aliphatic carbocycles. The van der Waals surface area contributed by atoms with Crippen molar-refractivity contribution < 1.29 is 19.4 Å². The van der Waals surface area contributed by atoms with Gasteiger partial charge in [0, 0.05) is 17.3 Å². The summed E-state index contributed by atoms with van der Waals surface area (Å²) in [6, 6.07) is 20.1. The van der Waals surface area contributed by atoms with Gasteiger partial charge < -0.3 is 15.2 Å². The van der Waals surface area contributed by atoms with Gasteiger partial charge in [-0.05, 0) is 66.9 Å². The number of aryl methyl sites for hydroxylation is 1. The Balaban J connectivity index is 1.50. The zero-order valence-corrected chi connectivity index (χ0v) is 23.2. The number of carbonyl (C=O) groups excluding carboxylic acids is 2. The number of hydrogen-bond acceptors (Lipinski definition) is 7. The molecule has 10 heteroatoms. The maximum absolute atomic E-state index is 14.1. The van der Waals surface area contributed by atoms with Crippen LogP contribution < -0.4 is 15.0 Å². The van der Waals surface area contributed by atoms with Crippen molar-refractivity contribution in [2.45, 2.75) is 57.7 Å². The summed E-state index contributed by atoms with van der Waals surface area (Å²) in [6.07, 6.45) is 5.05. The molecule has 0 saturated heterocycles. The highest BCUT2D eigenvalue weighted by molar-refractivity contribution is 6.01. The number of nitrogens with zero attached hydrogens (tertiary/aromatic N) is 5. The Hall–Kier alpha value is -4.73. The molecule has 1 unspecified atom stereocenters. The average molecular weight is 555 g/mol. The molecule has 0 bridgehead atoms. The zero-order valence-electron chi connectivity index (χ0n) is 23.2. The maximum atomic E-state index is 14.1. The van der Waals surface area contributed by atoms with E-state index in [1.54, 1.807) is 43.5 Å². The average Bonchev–Trinajstić information content (AvgIpc) is 3.45. The predicted octanol–water partition coefficient (Wildman–Crippen LogP) is 4.59. The number of nitrogens with one attached hydrogen (secondary N) is 1. The summed E-state index contributed by atoms with van der Waals surface area (Å²) in [5, 5.41) is 25.8. The Morgan fingerprint density at radius 2 is 1.68 bits per heavy atom. The standard InChI is InChI=1S/C31H34N6O4/c1-21-8-10-23(11-9-21)30-33-35-36(34-30)20-28(39)37(25-14-18-27(41-2)19-15-25)29(22-12-16-26(38)17-13-22)31(40)32-24-6-4-3-5-7-24/h8-19,24,29,38H,3-7,20H2,1-2H3,(H,32,40). The molecule has 1 heterocycles. The van der Waals surface area contributed by atoms with Gasteiger partial charge in [0.05, 0.1) is 7.11 Å². The summed E-state index contributed by atoms with van der Waals surface area (Å²) < 4.78 is 5.32. The molecule has 1 aliphatic rings. The van der Waals surface area contributed by atoms with Gasteiger partial charge in [-0.2, -0.15) is 4.80 Å². The molecule has 0 spiro atoms. The molecular weight excluding hydrogens is 520 g/mol. The lowest BCUT2D eigenvalue weighted by Gasteiger charge is -2.33. The van der Waals surface area contributed by atoms with Gasteiger partial charge in [0.25, 0.3) is 5.91 Å². The Bertz CT molecular complexity index is 1460. The first-order valence-corrected chi connectivity index (χ1v) is 13.8. The lowest BCUT2D eigenvalue weighted by molar-refractivity contribution is -0.127. The first-order valence-electron chi connectivity index (χ1n) is 13.8. The number of carbonyl (C=O) groups is 2. The number of anilines is 1. The van der Waals surface area contributed by atoms with Gasteiger partial charge in [0.2, 0.25) is 11.7 Å². The highest BCUT2D eigenvalue weighted by atomic mass is 16.5. The minimum atomic E-state index is -1.00. The summed E-state index contributed by atoms with van der Waals surface area (Å²) in [5.41, 5.74) is 2.96. The van der Waals surface area contributed by atoms with Crippen molar-refractivity contribution >= 4 is 17.5 Å². The van der Waals surface area contributed by atoms with Crippen LogP contribution in [0.3, 0.4) is 0 Å². The lowest BCUT2D eigenvalue weighted by atomic mass is 9.94. The second-order valence-corrected chi connectivity index (χ2v) is 10.3. The van der Waals surface area contributed by atoms with Gasteiger partial charge in [-0.15, -0.1) is 10.2 Å². The topological polar surface area (TPSA) is 122 Å². The number of amides is 2. The van der Waals surface area contributed by atoms with Gasteiger partial charge in [0.1, 0.15) is 24.1 Å². The molecule has 2 N–H and O–H groups in total. The van der Waals surface area contributed by atoms with Crippen LogP contribution in [0.25, 0.3) is 11.4 Å². The Labute approximate surface area is 239 Å². The molecule has 5 rings (SSSR count). The molecule has 2 amide bonds. The van der Waals surface area contributed by atoms with Gasteiger partial charge in [-0.3, -0.25) is 14.5 Å². The summed E-state index contributed by atoms with van der Waals surface area (Å²) in [6.45, 7) is 1.76. The molecule has 10 nitrogen and oxygen atoms in total. The van der Waals surface area contributed by atoms with E-state index in [-0.39, 0.29) is 24.2 Å². The van der Waals surface area contributed by atoms with Crippen molar-refractivity contribution in [3.05, 3.63) is 83.9 Å². The summed E-state index contributed by atoms with van der Waals surface area (Å²) >= 11 is 0. The monoisotopic (exact) mass is 554 g/mol. The number of phenolic OH excluding ortho intramolecular Hbond substituents is 1. The van der Waals surface area contributed by atoms with E-state index in [2.05, 4.69) is 20.7 Å². The number of aromatic hydroxyl groups is 1. The Morgan fingerprint density at radius 1 is 1.00 bits per heavy atom. The molecule has 212 valence electrons. The summed E-state index contributed by atoms with van der Waals surface area (Å²) in [4.78, 5) is 30.7. The number of hydrogen-bond donors (Lipinski definition) is 2. The molecule has 0 aliphatic heterocycles. The third kappa shape index (κ3) is 6.71. The van der Waals surface area contributed by atoms with Crippen LogP contribution >= 0.6 is 0 Å². The van der Waals surface area contributed by atoms with E-state index in [1.807, 2.05) is 31.2 Å². The smallest absolute Gasteiger partial charge is 0.251 e. The first-order chi connectivity index (χ1) is 19.9. The largest absolute Gasteiger partial charge is 0.508 e. The predicted molar refractivity (Wildman–Crippen MR) is 154 cm³/mol. The molecule has 41 heavy (non-hydrogen) atoms. The molecule has 4 aromatic rings. The fourth-order valence-electron chi connectivity index (χ4n) is 5.11. The van der Waals surface area contributed by atoms with Crippen LogP contribution in [0.1, 0.15) is 49.3 Å². The van der Waals surface area contributed by atoms with E-state index in [9.17, 15) is 14.7 Å². The Kier molecular flexibility index (Phi) is 8.57. The van der Waals surface area contributed by atoms with Crippen LogP contribution in [0.4, 0.5) is 5.69 Å². The van der Waals surface area contributed by atoms with E-state index in [1.165, 1.54) is 21.8 Å². The number of rotatable bonds is 9. The van der Waals surface area contributed by atoms with Crippen LogP contribution in [-0.2, 0) is 16.1 Å². The third-order valence-electron chi connectivity index (χ3n) is 7.33. The molecule has 0 radical (unpaired) electrons. The van der Waals surface area contributed by atoms with Gasteiger partial charge in [-0.1, -0.05) is 61.2 Å². The van der Waals surface area contributed by atoms with E-state index >= 15 is 0 Å². The highest BCUT2D eigenvalue weighted by Gasteiger charge is 2.34. The molecular formula is C31H34N6O4. The van der Waals surface area contributed by atoms with Crippen LogP contribution in [0.15, 0.2) is 72.8 Å². The van der Waals surface area contributed by atoms with Crippen molar-refractivity contribution in [2.75, 3.05) is 12.0 Å². The molecule has 3 aromatic carbocycles. The van der Waals surface area contributed by atoms with Crippen LogP contribution in [0.2, 0.25) is 0 Å². The number of ether oxygens (including phenoxy) is 1. The fraction of sp³-hybridized carbons (Fsp3) is 0.323. The van der Waals surface area contributed by atoms with Crippen molar-refractivity contribution in [2.24, 2.45) is 0 Å². The van der Waals surface area contributed by atoms with Crippen LogP contribution in [-0.4, -0.2) is 50.3 Å². The number of aromatic nitrogens is 4. The maximum Gasteiger partial charge on any atom is 0.251 e. The van der Waals surface area contributed by atoms with Crippen LogP contribution in [0, 0.1) is 6.92 Å². The zero-order chi connectivity index (χ0) is 28.8. The van der Waals surface area contributed by atoms with E-state index in [4.69, 9.17) is 4.74 Å². The van der Waals surface area contributed by atoms with Crippen molar-refractivity contribution in [1.29, 1.82) is 0 Å². The molecule has 1 aromatic heterocycles. The minimum Gasteiger partial charge on any atom is -0.508 e. The second kappa shape index (κ2) is 12.6. The van der Waals surface area contributed by atoms with Crippen molar-refractivity contribution in [1.82, 2.24) is 25.5 Å². The molecule has 1 fully saturated rings. The first kappa shape index (κ1) is 27.8. The normalized spacial score (nSPS) is 14.3. The molecule has 1 atom stereocenters. The van der Waals surface area contributed by atoms with Crippen molar-refractivity contribution in [3.63, 3.8) is 0 Å². The second-order valence-electron chi connectivity index (χ2n) is 10.3. The van der Waals surface area contributed by atoms with E-state index < -0.39 is 11.9 Å². The third-order valence-corrected chi connectivity index (χ3v) is 7.33. The van der Waals surface area contributed by atoms with Crippen LogP contribution in [0.5, 0.6) is 11.5 Å². The fourth-order valence-corrected chi connectivity index (χ4v) is 5.11. The number of phenols is 1. The minimum absolute atomic E-state index is 0.0396. The molecule has 1 saturated carbocycles. The van der Waals surface area contributed by atoms with Gasteiger partial charge >= 0.3 is 0 Å². The van der Waals surface area contributed by atoms with Crippen molar-refractivity contribution in [3.8, 4) is 22.9 Å². The summed E-state index contributed by atoms with van der Waals surface area (Å²) in [5.74, 6) is 0.394. The number of methoxy groups -OCH3 is 1.